The molecular weight excluding hydrogens is 356 g/mol. The van der Waals surface area contributed by atoms with Crippen LogP contribution in [0.2, 0.25) is 10.0 Å². The molecule has 0 unspecified atom stereocenters. The second-order valence-electron chi connectivity index (χ2n) is 4.55. The van der Waals surface area contributed by atoms with Gasteiger partial charge in [-0.2, -0.15) is 13.2 Å². The van der Waals surface area contributed by atoms with E-state index in [2.05, 4.69) is 5.32 Å². The van der Waals surface area contributed by atoms with Gasteiger partial charge in [0.2, 0.25) is 0 Å². The summed E-state index contributed by atoms with van der Waals surface area (Å²) in [4.78, 5) is 10.1. The average Bonchev–Trinajstić information content (AvgIpc) is 2.44. The second kappa shape index (κ2) is 6.64. The Morgan fingerprint density at radius 1 is 1.13 bits per heavy atom. The monoisotopic (exact) mass is 364 g/mol. The number of anilines is 1. The fourth-order valence-electron chi connectivity index (χ4n) is 1.90. The molecule has 2 rings (SSSR count). The zero-order valence-electron chi connectivity index (χ0n) is 11.3. The highest BCUT2D eigenvalue weighted by Crippen LogP contribution is 2.40. The molecule has 0 aromatic heterocycles. The van der Waals surface area contributed by atoms with Crippen LogP contribution in [0.1, 0.15) is 11.1 Å². The number of nitrogens with one attached hydrogen (secondary N) is 1. The van der Waals surface area contributed by atoms with Crippen LogP contribution in [0.15, 0.2) is 36.4 Å². The Morgan fingerprint density at radius 3 is 2.35 bits per heavy atom. The lowest BCUT2D eigenvalue weighted by molar-refractivity contribution is -0.384. The van der Waals surface area contributed by atoms with E-state index in [1.807, 2.05) is 0 Å². The van der Waals surface area contributed by atoms with Crippen LogP contribution in [0.25, 0.3) is 0 Å². The first-order valence-electron chi connectivity index (χ1n) is 6.22. The van der Waals surface area contributed by atoms with Crippen LogP contribution in [0.4, 0.5) is 24.5 Å². The van der Waals surface area contributed by atoms with Crippen molar-refractivity contribution < 1.29 is 18.1 Å². The molecule has 0 saturated heterocycles. The summed E-state index contributed by atoms with van der Waals surface area (Å²) in [7, 11) is 0. The quantitative estimate of drug-likeness (QED) is 0.572. The number of benzene rings is 2. The van der Waals surface area contributed by atoms with E-state index < -0.39 is 27.4 Å². The second-order valence-corrected chi connectivity index (χ2v) is 5.36. The molecule has 2 aromatic carbocycles. The highest BCUT2D eigenvalue weighted by molar-refractivity contribution is 6.32. The Kier molecular flexibility index (Phi) is 5.01. The molecule has 0 saturated carbocycles. The molecule has 0 aliphatic carbocycles. The molecule has 23 heavy (non-hydrogen) atoms. The van der Waals surface area contributed by atoms with E-state index in [-0.39, 0.29) is 12.2 Å². The Hall–Kier alpha value is -1.99. The molecule has 122 valence electrons. The van der Waals surface area contributed by atoms with Gasteiger partial charge < -0.3 is 5.32 Å². The summed E-state index contributed by atoms with van der Waals surface area (Å²) in [6.45, 7) is 0.0994. The van der Waals surface area contributed by atoms with E-state index in [1.165, 1.54) is 0 Å². The van der Waals surface area contributed by atoms with Gasteiger partial charge in [-0.3, -0.25) is 10.1 Å². The van der Waals surface area contributed by atoms with Gasteiger partial charge in [0.05, 0.1) is 15.5 Å². The number of hydrogen-bond donors (Lipinski definition) is 1. The molecule has 0 amide bonds. The third-order valence-electron chi connectivity index (χ3n) is 3.01. The first kappa shape index (κ1) is 17.4. The number of nitrogens with zero attached hydrogens (tertiary/aromatic N) is 1. The first-order chi connectivity index (χ1) is 10.7. The SMILES string of the molecule is O=[N+]([O-])c1cc(C(F)(F)F)c(Cl)cc1NCc1ccccc1Cl. The summed E-state index contributed by atoms with van der Waals surface area (Å²) >= 11 is 11.6. The number of alkyl halides is 3. The summed E-state index contributed by atoms with van der Waals surface area (Å²) in [6.07, 6.45) is -4.77. The molecule has 4 nitrogen and oxygen atoms in total. The number of halogens is 5. The van der Waals surface area contributed by atoms with E-state index in [0.29, 0.717) is 16.7 Å². The van der Waals surface area contributed by atoms with Crippen LogP contribution < -0.4 is 5.32 Å². The normalized spacial score (nSPS) is 11.3. The number of nitro groups is 1. The lowest BCUT2D eigenvalue weighted by atomic mass is 10.1. The van der Waals surface area contributed by atoms with E-state index in [4.69, 9.17) is 23.2 Å². The van der Waals surface area contributed by atoms with Gasteiger partial charge in [-0.15, -0.1) is 0 Å². The van der Waals surface area contributed by atoms with Crippen molar-refractivity contribution in [3.05, 3.63) is 67.7 Å². The van der Waals surface area contributed by atoms with E-state index in [1.54, 1.807) is 24.3 Å². The van der Waals surface area contributed by atoms with Crippen molar-refractivity contribution >= 4 is 34.6 Å². The molecule has 0 bridgehead atoms. The molecule has 9 heteroatoms. The van der Waals surface area contributed by atoms with Gasteiger partial charge in [-0.25, -0.2) is 0 Å². The van der Waals surface area contributed by atoms with E-state index in [9.17, 15) is 23.3 Å². The van der Waals surface area contributed by atoms with Crippen LogP contribution >= 0.6 is 23.2 Å². The van der Waals surface area contributed by atoms with Crippen molar-refractivity contribution in [1.29, 1.82) is 0 Å². The number of hydrogen-bond acceptors (Lipinski definition) is 3. The van der Waals surface area contributed by atoms with Crippen LogP contribution in [-0.4, -0.2) is 4.92 Å². The lowest BCUT2D eigenvalue weighted by Gasteiger charge is -2.13. The summed E-state index contributed by atoms with van der Waals surface area (Å²) in [5.74, 6) is 0. The Morgan fingerprint density at radius 2 is 1.78 bits per heavy atom. The Balaban J connectivity index is 2.37. The Labute approximate surface area is 139 Å². The third-order valence-corrected chi connectivity index (χ3v) is 3.70. The maximum atomic E-state index is 12.8. The van der Waals surface area contributed by atoms with Crippen molar-refractivity contribution in [3.63, 3.8) is 0 Å². The predicted molar refractivity (Wildman–Crippen MR) is 81.9 cm³/mol. The van der Waals surface area contributed by atoms with Crippen LogP contribution in [0.5, 0.6) is 0 Å². The predicted octanol–water partition coefficient (Wildman–Crippen LogP) is 5.53. The maximum absolute atomic E-state index is 12.8. The summed E-state index contributed by atoms with van der Waals surface area (Å²) in [5, 5.41) is 13.5. The van der Waals surface area contributed by atoms with Crippen LogP contribution in [0.3, 0.4) is 0 Å². The molecule has 0 fully saturated rings. The van der Waals surface area contributed by atoms with Gasteiger partial charge in [0.1, 0.15) is 5.69 Å². The highest BCUT2D eigenvalue weighted by atomic mass is 35.5. The van der Waals surface area contributed by atoms with E-state index >= 15 is 0 Å². The molecule has 0 heterocycles. The topological polar surface area (TPSA) is 55.2 Å². The zero-order valence-corrected chi connectivity index (χ0v) is 12.8. The molecular formula is C14H9Cl2F3N2O2. The standard InChI is InChI=1S/C14H9Cl2F3N2O2/c15-10-4-2-1-3-8(10)7-20-12-6-11(16)9(14(17,18)19)5-13(12)21(22)23/h1-6,20H,7H2. The van der Waals surface area contributed by atoms with Crippen LogP contribution in [0, 0.1) is 10.1 Å². The molecule has 0 radical (unpaired) electrons. The fourth-order valence-corrected chi connectivity index (χ4v) is 2.38. The third kappa shape index (κ3) is 4.05. The summed E-state index contributed by atoms with van der Waals surface area (Å²) in [6, 6.07) is 8.05. The summed E-state index contributed by atoms with van der Waals surface area (Å²) in [5.41, 5.74) is -1.45. The Bertz CT molecular complexity index is 751. The highest BCUT2D eigenvalue weighted by Gasteiger charge is 2.36. The molecule has 0 atom stereocenters. The molecule has 0 aliphatic heterocycles. The first-order valence-corrected chi connectivity index (χ1v) is 6.98. The van der Waals surface area contributed by atoms with Crippen molar-refractivity contribution in [2.45, 2.75) is 12.7 Å². The van der Waals surface area contributed by atoms with Crippen molar-refractivity contribution in [2.24, 2.45) is 0 Å². The van der Waals surface area contributed by atoms with Crippen molar-refractivity contribution in [1.82, 2.24) is 0 Å². The van der Waals surface area contributed by atoms with Gasteiger partial charge in [0.15, 0.2) is 0 Å². The average molecular weight is 365 g/mol. The van der Waals surface area contributed by atoms with E-state index in [0.717, 1.165) is 6.07 Å². The molecule has 0 aliphatic rings. The van der Waals surface area contributed by atoms with Crippen molar-refractivity contribution in [3.8, 4) is 0 Å². The number of nitro benzene ring substituents is 1. The lowest BCUT2D eigenvalue weighted by Crippen LogP contribution is -2.09. The smallest absolute Gasteiger partial charge is 0.375 e. The molecule has 1 N–H and O–H groups in total. The minimum absolute atomic E-state index is 0.0994. The maximum Gasteiger partial charge on any atom is 0.418 e. The summed E-state index contributed by atoms with van der Waals surface area (Å²) < 4.78 is 38.3. The molecule has 2 aromatic rings. The van der Waals surface area contributed by atoms with Gasteiger partial charge in [0.25, 0.3) is 5.69 Å². The largest absolute Gasteiger partial charge is 0.418 e. The van der Waals surface area contributed by atoms with Gasteiger partial charge in [-0.05, 0) is 17.7 Å². The minimum atomic E-state index is -4.77. The zero-order chi connectivity index (χ0) is 17.2. The number of rotatable bonds is 4. The van der Waals surface area contributed by atoms with Gasteiger partial charge in [0, 0.05) is 17.6 Å². The van der Waals surface area contributed by atoms with Crippen LogP contribution in [-0.2, 0) is 12.7 Å². The van der Waals surface area contributed by atoms with Gasteiger partial charge in [-0.1, -0.05) is 41.4 Å². The fraction of sp³-hybridized carbons (Fsp3) is 0.143. The molecule has 0 spiro atoms. The minimum Gasteiger partial charge on any atom is -0.375 e. The van der Waals surface area contributed by atoms with Crippen molar-refractivity contribution in [2.75, 3.05) is 5.32 Å². The van der Waals surface area contributed by atoms with Gasteiger partial charge >= 0.3 is 6.18 Å².